The first-order chi connectivity index (χ1) is 13.7. The summed E-state index contributed by atoms with van der Waals surface area (Å²) in [6.07, 6.45) is 2.66. The molecule has 5 nitrogen and oxygen atoms in total. The Morgan fingerprint density at radius 1 is 1.07 bits per heavy atom. The van der Waals surface area contributed by atoms with E-state index in [1.807, 2.05) is 77.7 Å². The molecule has 2 N–H and O–H groups in total. The molecule has 0 aliphatic carbocycles. The van der Waals surface area contributed by atoms with Crippen LogP contribution >= 0.6 is 0 Å². The highest BCUT2D eigenvalue weighted by molar-refractivity contribution is 5.79. The standard InChI is InChI=1S/C23H19N3O2/c27-15-22-19-8-4-5-9-20(19)23(28,26(22)14-16-6-2-1-3-7-16)18-11-10-17-13-24-25-21(17)12-18/h1-13,15,22,28H,14H2,(H,24,25). The Morgan fingerprint density at radius 3 is 2.68 bits per heavy atom. The number of aldehydes is 1. The highest BCUT2D eigenvalue weighted by Gasteiger charge is 2.50. The van der Waals surface area contributed by atoms with Crippen molar-refractivity contribution in [3.8, 4) is 0 Å². The number of fused-ring (bicyclic) bond motifs is 2. The first-order valence-electron chi connectivity index (χ1n) is 9.23. The molecule has 2 atom stereocenters. The lowest BCUT2D eigenvalue weighted by Crippen LogP contribution is -2.43. The van der Waals surface area contributed by atoms with Gasteiger partial charge in [0.15, 0.2) is 5.72 Å². The number of hydrogen-bond acceptors (Lipinski definition) is 4. The maximum atomic E-state index is 12.1. The molecule has 4 aromatic rings. The van der Waals surface area contributed by atoms with E-state index in [1.54, 1.807) is 6.20 Å². The first kappa shape index (κ1) is 16.9. The molecule has 28 heavy (non-hydrogen) atoms. The number of hydrogen-bond donors (Lipinski definition) is 2. The largest absolute Gasteiger partial charge is 0.367 e. The van der Waals surface area contributed by atoms with Crippen LogP contribution in [0.1, 0.15) is 28.3 Å². The summed E-state index contributed by atoms with van der Waals surface area (Å²) in [5.74, 6) is 0. The van der Waals surface area contributed by atoms with E-state index >= 15 is 0 Å². The zero-order chi connectivity index (χ0) is 19.1. The van der Waals surface area contributed by atoms with Gasteiger partial charge in [-0.1, -0.05) is 66.7 Å². The van der Waals surface area contributed by atoms with Crippen LogP contribution in [0.2, 0.25) is 0 Å². The van der Waals surface area contributed by atoms with Crippen molar-refractivity contribution in [2.24, 2.45) is 0 Å². The summed E-state index contributed by atoms with van der Waals surface area (Å²) in [6, 6.07) is 22.7. The summed E-state index contributed by atoms with van der Waals surface area (Å²) in [5.41, 5.74) is 2.73. The van der Waals surface area contributed by atoms with Crippen LogP contribution in [0.25, 0.3) is 10.9 Å². The molecular formula is C23H19N3O2. The average Bonchev–Trinajstić information content (AvgIpc) is 3.30. The van der Waals surface area contributed by atoms with Crippen molar-refractivity contribution in [3.63, 3.8) is 0 Å². The summed E-state index contributed by atoms with van der Waals surface area (Å²) in [5, 5.41) is 20.1. The summed E-state index contributed by atoms with van der Waals surface area (Å²) in [7, 11) is 0. The fraction of sp³-hybridized carbons (Fsp3) is 0.130. The maximum Gasteiger partial charge on any atom is 0.172 e. The molecule has 0 saturated carbocycles. The molecule has 0 fully saturated rings. The molecular weight excluding hydrogens is 350 g/mol. The Bertz CT molecular complexity index is 1150. The molecule has 1 aromatic heterocycles. The van der Waals surface area contributed by atoms with Crippen molar-refractivity contribution in [3.05, 3.63) is 101 Å². The summed E-state index contributed by atoms with van der Waals surface area (Å²) < 4.78 is 0. The Hall–Kier alpha value is -3.28. The summed E-state index contributed by atoms with van der Waals surface area (Å²) in [6.45, 7) is 0.441. The lowest BCUT2D eigenvalue weighted by molar-refractivity contribution is -0.126. The number of carbonyl (C=O) groups excluding carboxylic acids is 1. The van der Waals surface area contributed by atoms with E-state index in [1.165, 1.54) is 0 Å². The lowest BCUT2D eigenvalue weighted by Gasteiger charge is -2.36. The molecule has 1 aliphatic heterocycles. The summed E-state index contributed by atoms with van der Waals surface area (Å²) >= 11 is 0. The monoisotopic (exact) mass is 369 g/mol. The predicted molar refractivity (Wildman–Crippen MR) is 106 cm³/mol. The second-order valence-corrected chi connectivity index (χ2v) is 7.13. The van der Waals surface area contributed by atoms with Crippen molar-refractivity contribution in [2.45, 2.75) is 18.3 Å². The smallest absolute Gasteiger partial charge is 0.172 e. The molecule has 3 aromatic carbocycles. The van der Waals surface area contributed by atoms with Crippen molar-refractivity contribution in [1.82, 2.24) is 15.1 Å². The van der Waals surface area contributed by atoms with Gasteiger partial charge in [0.1, 0.15) is 6.29 Å². The van der Waals surface area contributed by atoms with Gasteiger partial charge in [0.25, 0.3) is 0 Å². The van der Waals surface area contributed by atoms with Gasteiger partial charge in [-0.3, -0.25) is 5.10 Å². The highest BCUT2D eigenvalue weighted by Crippen LogP contribution is 2.48. The van der Waals surface area contributed by atoms with Gasteiger partial charge in [0.2, 0.25) is 0 Å². The number of aromatic nitrogens is 2. The van der Waals surface area contributed by atoms with E-state index in [-0.39, 0.29) is 0 Å². The molecule has 1 aliphatic rings. The van der Waals surface area contributed by atoms with Gasteiger partial charge in [0, 0.05) is 23.1 Å². The van der Waals surface area contributed by atoms with Gasteiger partial charge in [0.05, 0.1) is 17.8 Å². The minimum Gasteiger partial charge on any atom is -0.367 e. The fourth-order valence-corrected chi connectivity index (χ4v) is 4.21. The predicted octanol–water partition coefficient (Wildman–Crippen LogP) is 3.51. The minimum absolute atomic E-state index is 0.441. The molecule has 0 saturated heterocycles. The molecule has 0 bridgehead atoms. The number of rotatable bonds is 4. The maximum absolute atomic E-state index is 12.1. The van der Waals surface area contributed by atoms with Crippen LogP contribution in [0.15, 0.2) is 79.0 Å². The third-order valence-electron chi connectivity index (χ3n) is 5.58. The van der Waals surface area contributed by atoms with E-state index in [9.17, 15) is 9.90 Å². The van der Waals surface area contributed by atoms with Crippen LogP contribution < -0.4 is 0 Å². The lowest BCUT2D eigenvalue weighted by atomic mass is 9.93. The summed E-state index contributed by atoms with van der Waals surface area (Å²) in [4.78, 5) is 14.0. The van der Waals surface area contributed by atoms with E-state index in [4.69, 9.17) is 0 Å². The molecule has 2 heterocycles. The number of aromatic amines is 1. The van der Waals surface area contributed by atoms with Gasteiger partial charge >= 0.3 is 0 Å². The Balaban J connectivity index is 1.71. The molecule has 2 unspecified atom stereocenters. The van der Waals surface area contributed by atoms with Crippen LogP contribution in [0.5, 0.6) is 0 Å². The topological polar surface area (TPSA) is 69.2 Å². The molecule has 5 heteroatoms. The molecule has 0 radical (unpaired) electrons. The van der Waals surface area contributed by atoms with Crippen molar-refractivity contribution in [1.29, 1.82) is 0 Å². The zero-order valence-electron chi connectivity index (χ0n) is 15.1. The highest BCUT2D eigenvalue weighted by atomic mass is 16.3. The SMILES string of the molecule is O=CC1c2ccccc2C(O)(c2ccc3cn[nH]c3c2)N1Cc1ccccc1. The van der Waals surface area contributed by atoms with Crippen LogP contribution in [-0.2, 0) is 17.1 Å². The van der Waals surface area contributed by atoms with Gasteiger partial charge in [-0.25, -0.2) is 4.90 Å². The number of nitrogens with zero attached hydrogens (tertiary/aromatic N) is 2. The zero-order valence-corrected chi connectivity index (χ0v) is 15.1. The number of nitrogens with one attached hydrogen (secondary N) is 1. The number of aliphatic hydroxyl groups is 1. The van der Waals surface area contributed by atoms with Crippen LogP contribution in [0.4, 0.5) is 0 Å². The molecule has 0 spiro atoms. The number of benzene rings is 3. The Morgan fingerprint density at radius 2 is 1.86 bits per heavy atom. The third kappa shape index (κ3) is 2.41. The minimum atomic E-state index is -1.42. The van der Waals surface area contributed by atoms with Crippen molar-refractivity contribution >= 4 is 17.2 Å². The Labute approximate surface area is 162 Å². The van der Waals surface area contributed by atoms with Crippen molar-refractivity contribution in [2.75, 3.05) is 0 Å². The second kappa shape index (κ2) is 6.41. The van der Waals surface area contributed by atoms with Crippen LogP contribution in [0, 0.1) is 0 Å². The van der Waals surface area contributed by atoms with E-state index in [0.29, 0.717) is 12.1 Å². The molecule has 5 rings (SSSR count). The number of carbonyl (C=O) groups is 1. The van der Waals surface area contributed by atoms with E-state index in [2.05, 4.69) is 10.2 Å². The molecule has 0 amide bonds. The van der Waals surface area contributed by atoms with Gasteiger partial charge in [-0.2, -0.15) is 5.10 Å². The normalized spacial score (nSPS) is 21.7. The third-order valence-corrected chi connectivity index (χ3v) is 5.58. The van der Waals surface area contributed by atoms with E-state index < -0.39 is 11.8 Å². The van der Waals surface area contributed by atoms with Gasteiger partial charge in [-0.15, -0.1) is 0 Å². The van der Waals surface area contributed by atoms with Gasteiger partial charge in [-0.05, 0) is 17.2 Å². The number of H-pyrrole nitrogens is 1. The average molecular weight is 369 g/mol. The van der Waals surface area contributed by atoms with E-state index in [0.717, 1.165) is 33.9 Å². The van der Waals surface area contributed by atoms with Crippen LogP contribution in [0.3, 0.4) is 0 Å². The first-order valence-corrected chi connectivity index (χ1v) is 9.23. The van der Waals surface area contributed by atoms with Crippen molar-refractivity contribution < 1.29 is 9.90 Å². The second-order valence-electron chi connectivity index (χ2n) is 7.13. The van der Waals surface area contributed by atoms with Crippen LogP contribution in [-0.4, -0.2) is 26.5 Å². The fourth-order valence-electron chi connectivity index (χ4n) is 4.21. The quantitative estimate of drug-likeness (QED) is 0.540. The van der Waals surface area contributed by atoms with Gasteiger partial charge < -0.3 is 9.90 Å². The Kier molecular flexibility index (Phi) is 3.86. The molecule has 138 valence electrons.